The highest BCUT2D eigenvalue weighted by Crippen LogP contribution is 2.16. The number of rotatable bonds is 2. The first-order valence-electron chi connectivity index (χ1n) is 4.33. The maximum Gasteiger partial charge on any atom is 0.250 e. The zero-order valence-electron chi connectivity index (χ0n) is 7.90. The Bertz CT molecular complexity index is 443. The Labute approximate surface area is 82.1 Å². The van der Waals surface area contributed by atoms with Gasteiger partial charge in [0.2, 0.25) is 11.7 Å². The SMILES string of the molecule is C=Cc1nc(-c2ccc(C)cc2)no1. The van der Waals surface area contributed by atoms with Gasteiger partial charge >= 0.3 is 0 Å². The molecule has 1 aromatic heterocycles. The van der Waals surface area contributed by atoms with Gasteiger partial charge in [-0.2, -0.15) is 4.98 Å². The normalized spacial score (nSPS) is 10.1. The van der Waals surface area contributed by atoms with Crippen LogP contribution in [-0.2, 0) is 0 Å². The van der Waals surface area contributed by atoms with E-state index < -0.39 is 0 Å². The number of aromatic nitrogens is 2. The maximum atomic E-state index is 4.92. The van der Waals surface area contributed by atoms with Crippen LogP contribution in [0.15, 0.2) is 35.4 Å². The molecule has 0 saturated carbocycles. The summed E-state index contributed by atoms with van der Waals surface area (Å²) in [6.45, 7) is 5.59. The monoisotopic (exact) mass is 186 g/mol. The molecule has 2 rings (SSSR count). The predicted molar refractivity (Wildman–Crippen MR) is 54.6 cm³/mol. The summed E-state index contributed by atoms with van der Waals surface area (Å²) in [5.41, 5.74) is 2.16. The highest BCUT2D eigenvalue weighted by Gasteiger charge is 2.04. The lowest BCUT2D eigenvalue weighted by molar-refractivity contribution is 0.411. The first-order valence-corrected chi connectivity index (χ1v) is 4.33. The number of hydrogen-bond donors (Lipinski definition) is 0. The molecule has 3 nitrogen and oxygen atoms in total. The Morgan fingerprint density at radius 1 is 1.29 bits per heavy atom. The van der Waals surface area contributed by atoms with E-state index in [0.717, 1.165) is 5.56 Å². The summed E-state index contributed by atoms with van der Waals surface area (Å²) in [5.74, 6) is 1.04. The van der Waals surface area contributed by atoms with E-state index in [1.165, 1.54) is 11.6 Å². The van der Waals surface area contributed by atoms with Gasteiger partial charge in [-0.05, 0) is 13.0 Å². The maximum absolute atomic E-state index is 4.92. The van der Waals surface area contributed by atoms with Crippen molar-refractivity contribution >= 4 is 6.08 Å². The lowest BCUT2D eigenvalue weighted by Gasteiger charge is -1.93. The fourth-order valence-corrected chi connectivity index (χ4v) is 1.14. The molecule has 2 aromatic rings. The molecule has 3 heteroatoms. The number of aryl methyl sites for hydroxylation is 1. The first kappa shape index (κ1) is 8.69. The molecule has 0 saturated heterocycles. The molecule has 0 unspecified atom stereocenters. The highest BCUT2D eigenvalue weighted by molar-refractivity contribution is 5.55. The minimum Gasteiger partial charge on any atom is -0.334 e. The van der Waals surface area contributed by atoms with Crippen molar-refractivity contribution in [1.82, 2.24) is 10.1 Å². The van der Waals surface area contributed by atoms with Crippen LogP contribution in [0.1, 0.15) is 11.5 Å². The van der Waals surface area contributed by atoms with E-state index in [9.17, 15) is 0 Å². The van der Waals surface area contributed by atoms with Crippen LogP contribution in [0.25, 0.3) is 17.5 Å². The number of benzene rings is 1. The largest absolute Gasteiger partial charge is 0.334 e. The van der Waals surface area contributed by atoms with E-state index in [0.29, 0.717) is 11.7 Å². The van der Waals surface area contributed by atoms with Crippen molar-refractivity contribution < 1.29 is 4.52 Å². The van der Waals surface area contributed by atoms with Crippen LogP contribution in [0, 0.1) is 6.92 Å². The summed E-state index contributed by atoms with van der Waals surface area (Å²) >= 11 is 0. The average molecular weight is 186 g/mol. The molecule has 14 heavy (non-hydrogen) atoms. The molecule has 1 aromatic carbocycles. The van der Waals surface area contributed by atoms with E-state index in [1.807, 2.05) is 31.2 Å². The quantitative estimate of drug-likeness (QED) is 0.723. The average Bonchev–Trinajstić information content (AvgIpc) is 2.67. The molecule has 0 atom stereocenters. The number of nitrogens with zero attached hydrogens (tertiary/aromatic N) is 2. The highest BCUT2D eigenvalue weighted by atomic mass is 16.5. The van der Waals surface area contributed by atoms with Crippen molar-refractivity contribution in [1.29, 1.82) is 0 Å². The molecule has 0 aliphatic carbocycles. The number of hydrogen-bond acceptors (Lipinski definition) is 3. The molecule has 0 amide bonds. The zero-order chi connectivity index (χ0) is 9.97. The van der Waals surface area contributed by atoms with Crippen LogP contribution in [0.3, 0.4) is 0 Å². The van der Waals surface area contributed by atoms with Gasteiger partial charge in [-0.15, -0.1) is 0 Å². The second kappa shape index (κ2) is 3.46. The molecule has 0 bridgehead atoms. The molecule has 0 spiro atoms. The van der Waals surface area contributed by atoms with Crippen LogP contribution >= 0.6 is 0 Å². The van der Waals surface area contributed by atoms with Gasteiger partial charge in [-0.3, -0.25) is 0 Å². The molecule has 70 valence electrons. The van der Waals surface area contributed by atoms with Gasteiger partial charge in [0.15, 0.2) is 0 Å². The Balaban J connectivity index is 2.39. The standard InChI is InChI=1S/C11H10N2O/c1-3-10-12-11(13-14-10)9-6-4-8(2)5-7-9/h3-7H,1H2,2H3. The van der Waals surface area contributed by atoms with E-state index >= 15 is 0 Å². The fourth-order valence-electron chi connectivity index (χ4n) is 1.14. The van der Waals surface area contributed by atoms with Gasteiger partial charge in [0, 0.05) is 5.56 Å². The van der Waals surface area contributed by atoms with Crippen molar-refractivity contribution in [3.8, 4) is 11.4 Å². The van der Waals surface area contributed by atoms with Gasteiger partial charge in [-0.1, -0.05) is 41.6 Å². The Kier molecular flexibility index (Phi) is 2.14. The van der Waals surface area contributed by atoms with Crippen molar-refractivity contribution in [2.24, 2.45) is 0 Å². The third kappa shape index (κ3) is 1.57. The Hall–Kier alpha value is -1.90. The van der Waals surface area contributed by atoms with Crippen molar-refractivity contribution in [3.05, 3.63) is 42.3 Å². The van der Waals surface area contributed by atoms with Crippen LogP contribution in [-0.4, -0.2) is 10.1 Å². The first-order chi connectivity index (χ1) is 6.79. The van der Waals surface area contributed by atoms with E-state index in [2.05, 4.69) is 16.7 Å². The zero-order valence-corrected chi connectivity index (χ0v) is 7.90. The second-order valence-corrected chi connectivity index (χ2v) is 3.03. The van der Waals surface area contributed by atoms with Crippen molar-refractivity contribution in [2.45, 2.75) is 6.92 Å². The van der Waals surface area contributed by atoms with Gasteiger partial charge in [-0.25, -0.2) is 0 Å². The second-order valence-electron chi connectivity index (χ2n) is 3.03. The van der Waals surface area contributed by atoms with Crippen molar-refractivity contribution in [3.63, 3.8) is 0 Å². The minimum atomic E-state index is 0.445. The topological polar surface area (TPSA) is 38.9 Å². The van der Waals surface area contributed by atoms with Crippen LogP contribution in [0.4, 0.5) is 0 Å². The van der Waals surface area contributed by atoms with Gasteiger partial charge in [0.1, 0.15) is 0 Å². The summed E-state index contributed by atoms with van der Waals surface area (Å²) < 4.78 is 4.92. The van der Waals surface area contributed by atoms with Crippen LogP contribution in [0.5, 0.6) is 0 Å². The molecule has 1 heterocycles. The van der Waals surface area contributed by atoms with Crippen molar-refractivity contribution in [2.75, 3.05) is 0 Å². The van der Waals surface area contributed by atoms with Crippen LogP contribution < -0.4 is 0 Å². The lowest BCUT2D eigenvalue weighted by atomic mass is 10.1. The smallest absolute Gasteiger partial charge is 0.250 e. The third-order valence-corrected chi connectivity index (χ3v) is 1.93. The molecule has 0 radical (unpaired) electrons. The lowest BCUT2D eigenvalue weighted by Crippen LogP contribution is -1.80. The molecular formula is C11H10N2O. The molecule has 0 N–H and O–H groups in total. The Morgan fingerprint density at radius 3 is 2.57 bits per heavy atom. The van der Waals surface area contributed by atoms with Gasteiger partial charge in [0.05, 0.1) is 0 Å². The van der Waals surface area contributed by atoms with E-state index in [4.69, 9.17) is 4.52 Å². The molecular weight excluding hydrogens is 176 g/mol. The summed E-state index contributed by atoms with van der Waals surface area (Å²) in [6.07, 6.45) is 1.53. The molecule has 0 fully saturated rings. The van der Waals surface area contributed by atoms with E-state index in [-0.39, 0.29) is 0 Å². The summed E-state index contributed by atoms with van der Waals surface area (Å²) in [7, 11) is 0. The predicted octanol–water partition coefficient (Wildman–Crippen LogP) is 2.69. The van der Waals surface area contributed by atoms with Gasteiger partial charge < -0.3 is 4.52 Å². The molecule has 0 aliphatic heterocycles. The van der Waals surface area contributed by atoms with Crippen LogP contribution in [0.2, 0.25) is 0 Å². The molecule has 0 aliphatic rings. The fraction of sp³-hybridized carbons (Fsp3) is 0.0909. The van der Waals surface area contributed by atoms with E-state index in [1.54, 1.807) is 0 Å². The van der Waals surface area contributed by atoms with Gasteiger partial charge in [0.25, 0.3) is 0 Å². The Morgan fingerprint density at radius 2 is 2.00 bits per heavy atom. The summed E-state index contributed by atoms with van der Waals surface area (Å²) in [5, 5.41) is 3.83. The third-order valence-electron chi connectivity index (χ3n) is 1.93. The minimum absolute atomic E-state index is 0.445. The summed E-state index contributed by atoms with van der Waals surface area (Å²) in [4.78, 5) is 4.13. The summed E-state index contributed by atoms with van der Waals surface area (Å²) in [6, 6.07) is 7.96.